The number of anilines is 1. The van der Waals surface area contributed by atoms with E-state index in [1.165, 1.54) is 38.5 Å². The first-order valence-corrected chi connectivity index (χ1v) is 8.00. The number of nitrogens with two attached hydrogens (primary N) is 1. The third-order valence-corrected chi connectivity index (χ3v) is 4.36. The first kappa shape index (κ1) is 15.2. The molecule has 20 heavy (non-hydrogen) atoms. The lowest BCUT2D eigenvalue weighted by Crippen LogP contribution is -2.17. The number of hydrogen-bond acceptors (Lipinski definition) is 3. The second-order valence-electron chi connectivity index (χ2n) is 5.86. The Balaban J connectivity index is 1.92. The predicted molar refractivity (Wildman–Crippen MR) is 89.3 cm³/mol. The molecule has 1 aliphatic carbocycles. The summed E-state index contributed by atoms with van der Waals surface area (Å²) in [5.41, 5.74) is 9.67. The van der Waals surface area contributed by atoms with Gasteiger partial charge in [0.05, 0.1) is 5.56 Å². The van der Waals surface area contributed by atoms with Crippen molar-refractivity contribution in [2.24, 2.45) is 11.7 Å². The molecule has 4 heteroatoms. The first-order valence-electron chi connectivity index (χ1n) is 7.60. The monoisotopic (exact) mass is 291 g/mol. The summed E-state index contributed by atoms with van der Waals surface area (Å²) in [6, 6.07) is 2.04. The molecule has 2 rings (SSSR count). The highest BCUT2D eigenvalue weighted by Gasteiger charge is 2.14. The van der Waals surface area contributed by atoms with E-state index in [1.54, 1.807) is 0 Å². The Morgan fingerprint density at radius 2 is 2.10 bits per heavy atom. The van der Waals surface area contributed by atoms with Crippen LogP contribution in [0.5, 0.6) is 0 Å². The number of aryl methyl sites for hydroxylation is 2. The number of thiocarbonyl (C=S) groups is 1. The lowest BCUT2D eigenvalue weighted by Gasteiger charge is -2.15. The van der Waals surface area contributed by atoms with E-state index in [2.05, 4.69) is 10.3 Å². The van der Waals surface area contributed by atoms with Crippen molar-refractivity contribution in [2.75, 3.05) is 11.9 Å². The number of nitrogens with one attached hydrogen (secondary N) is 1. The Hall–Kier alpha value is -1.16. The number of aromatic nitrogens is 1. The van der Waals surface area contributed by atoms with E-state index >= 15 is 0 Å². The zero-order valence-electron chi connectivity index (χ0n) is 12.5. The van der Waals surface area contributed by atoms with Crippen LogP contribution in [0.1, 0.15) is 55.5 Å². The molecule has 1 saturated carbocycles. The first-order chi connectivity index (χ1) is 9.58. The van der Waals surface area contributed by atoms with E-state index in [1.807, 2.05) is 19.9 Å². The molecule has 0 saturated heterocycles. The fraction of sp³-hybridized carbons (Fsp3) is 0.625. The van der Waals surface area contributed by atoms with E-state index in [9.17, 15) is 0 Å². The molecule has 1 aliphatic rings. The smallest absolute Gasteiger partial charge is 0.107 e. The summed E-state index contributed by atoms with van der Waals surface area (Å²) >= 11 is 5.14. The van der Waals surface area contributed by atoms with Gasteiger partial charge in [0, 0.05) is 23.6 Å². The van der Waals surface area contributed by atoms with Crippen molar-refractivity contribution in [1.29, 1.82) is 0 Å². The summed E-state index contributed by atoms with van der Waals surface area (Å²) < 4.78 is 0. The second-order valence-corrected chi connectivity index (χ2v) is 6.30. The molecule has 1 aromatic rings. The van der Waals surface area contributed by atoms with Crippen molar-refractivity contribution in [3.63, 3.8) is 0 Å². The van der Waals surface area contributed by atoms with Crippen LogP contribution in [0.15, 0.2) is 6.07 Å². The van der Waals surface area contributed by atoms with Crippen LogP contribution in [0.2, 0.25) is 0 Å². The summed E-state index contributed by atoms with van der Waals surface area (Å²) in [7, 11) is 0. The zero-order chi connectivity index (χ0) is 14.5. The minimum atomic E-state index is 0.424. The summed E-state index contributed by atoms with van der Waals surface area (Å²) in [5, 5.41) is 3.49. The Bertz CT molecular complexity index is 479. The molecule has 1 heterocycles. The van der Waals surface area contributed by atoms with Crippen molar-refractivity contribution in [2.45, 2.75) is 52.4 Å². The molecular formula is C16H25N3S. The summed E-state index contributed by atoms with van der Waals surface area (Å²) in [5.74, 6) is 0.952. The molecule has 0 amide bonds. The Labute approximate surface area is 127 Å². The number of rotatable bonds is 6. The number of nitrogens with zero attached hydrogens (tertiary/aromatic N) is 1. The normalized spacial score (nSPS) is 15.5. The van der Waals surface area contributed by atoms with Crippen LogP contribution in [0.4, 0.5) is 5.69 Å². The molecule has 3 N–H and O–H groups in total. The van der Waals surface area contributed by atoms with Gasteiger partial charge in [0.2, 0.25) is 0 Å². The van der Waals surface area contributed by atoms with Crippen LogP contribution in [0.3, 0.4) is 0 Å². The molecule has 0 atom stereocenters. The molecule has 110 valence electrons. The van der Waals surface area contributed by atoms with Gasteiger partial charge in [0.25, 0.3) is 0 Å². The van der Waals surface area contributed by atoms with Crippen LogP contribution in [-0.4, -0.2) is 16.5 Å². The standard InChI is InChI=1S/C16H25N3S/c1-11-10-14(15(16(17)20)12(2)19-11)18-9-5-8-13-6-3-4-7-13/h10,13H,3-9H2,1-2H3,(H2,17,20)(H,18,19). The van der Waals surface area contributed by atoms with Gasteiger partial charge >= 0.3 is 0 Å². The van der Waals surface area contributed by atoms with E-state index in [0.717, 1.165) is 35.1 Å². The van der Waals surface area contributed by atoms with E-state index in [4.69, 9.17) is 18.0 Å². The summed E-state index contributed by atoms with van der Waals surface area (Å²) in [4.78, 5) is 4.86. The lowest BCUT2D eigenvalue weighted by molar-refractivity contribution is 0.491. The molecule has 0 bridgehead atoms. The minimum absolute atomic E-state index is 0.424. The fourth-order valence-corrected chi connectivity index (χ4v) is 3.45. The Morgan fingerprint density at radius 3 is 2.75 bits per heavy atom. The molecule has 1 fully saturated rings. The topological polar surface area (TPSA) is 50.9 Å². The maximum Gasteiger partial charge on any atom is 0.107 e. The van der Waals surface area contributed by atoms with Crippen LogP contribution in [-0.2, 0) is 0 Å². The summed E-state index contributed by atoms with van der Waals surface area (Å²) in [6.45, 7) is 4.94. The van der Waals surface area contributed by atoms with Gasteiger partial charge in [-0.3, -0.25) is 4.98 Å². The van der Waals surface area contributed by atoms with Gasteiger partial charge < -0.3 is 11.1 Å². The number of hydrogen-bond donors (Lipinski definition) is 2. The zero-order valence-corrected chi connectivity index (χ0v) is 13.4. The summed E-state index contributed by atoms with van der Waals surface area (Å²) in [6.07, 6.45) is 8.23. The van der Waals surface area contributed by atoms with Gasteiger partial charge in [0.15, 0.2) is 0 Å². The van der Waals surface area contributed by atoms with Gasteiger partial charge in [0.1, 0.15) is 4.99 Å². The predicted octanol–water partition coefficient (Wildman–Crippen LogP) is 3.71. The van der Waals surface area contributed by atoms with Crippen molar-refractivity contribution in [3.8, 4) is 0 Å². The van der Waals surface area contributed by atoms with E-state index < -0.39 is 0 Å². The van der Waals surface area contributed by atoms with Crippen molar-refractivity contribution in [3.05, 3.63) is 23.0 Å². The average Bonchev–Trinajstić information content (AvgIpc) is 2.86. The maximum absolute atomic E-state index is 5.82. The fourth-order valence-electron chi connectivity index (χ4n) is 3.19. The molecule has 1 aromatic heterocycles. The Morgan fingerprint density at radius 1 is 1.40 bits per heavy atom. The highest BCUT2D eigenvalue weighted by Crippen LogP contribution is 2.28. The van der Waals surface area contributed by atoms with Crippen LogP contribution in [0.25, 0.3) is 0 Å². The second kappa shape index (κ2) is 7.02. The third-order valence-electron chi connectivity index (χ3n) is 4.15. The SMILES string of the molecule is Cc1cc(NCCCC2CCCC2)c(C(N)=S)c(C)n1. The Kier molecular flexibility index (Phi) is 5.35. The number of pyridine rings is 1. The van der Waals surface area contributed by atoms with Crippen molar-refractivity contribution >= 4 is 22.9 Å². The molecule has 0 radical (unpaired) electrons. The lowest BCUT2D eigenvalue weighted by atomic mass is 10.0. The van der Waals surface area contributed by atoms with Crippen LogP contribution < -0.4 is 11.1 Å². The highest BCUT2D eigenvalue weighted by atomic mass is 32.1. The van der Waals surface area contributed by atoms with Crippen molar-refractivity contribution < 1.29 is 0 Å². The van der Waals surface area contributed by atoms with Crippen LogP contribution >= 0.6 is 12.2 Å². The molecule has 3 nitrogen and oxygen atoms in total. The molecule has 0 unspecified atom stereocenters. The van der Waals surface area contributed by atoms with Gasteiger partial charge in [-0.15, -0.1) is 0 Å². The van der Waals surface area contributed by atoms with Crippen molar-refractivity contribution in [1.82, 2.24) is 4.98 Å². The van der Waals surface area contributed by atoms with Gasteiger partial charge in [-0.05, 0) is 38.7 Å². The maximum atomic E-state index is 5.82. The molecular weight excluding hydrogens is 266 g/mol. The molecule has 0 aromatic carbocycles. The quantitative estimate of drug-likeness (QED) is 0.619. The highest BCUT2D eigenvalue weighted by molar-refractivity contribution is 7.80. The van der Waals surface area contributed by atoms with E-state index in [0.29, 0.717) is 4.99 Å². The van der Waals surface area contributed by atoms with Gasteiger partial charge in [-0.1, -0.05) is 37.9 Å². The largest absolute Gasteiger partial charge is 0.389 e. The van der Waals surface area contributed by atoms with E-state index in [-0.39, 0.29) is 0 Å². The minimum Gasteiger partial charge on any atom is -0.389 e. The average molecular weight is 291 g/mol. The van der Waals surface area contributed by atoms with Crippen LogP contribution in [0, 0.1) is 19.8 Å². The van der Waals surface area contributed by atoms with Gasteiger partial charge in [-0.25, -0.2) is 0 Å². The molecule has 0 spiro atoms. The molecule has 0 aliphatic heterocycles. The third kappa shape index (κ3) is 3.92. The van der Waals surface area contributed by atoms with Gasteiger partial charge in [-0.2, -0.15) is 0 Å².